The van der Waals surface area contributed by atoms with Gasteiger partial charge < -0.3 is 15.7 Å². The Labute approximate surface area is 141 Å². The third kappa shape index (κ3) is 4.55. The van der Waals surface area contributed by atoms with Gasteiger partial charge in [-0.3, -0.25) is 0 Å². The van der Waals surface area contributed by atoms with E-state index < -0.39 is 12.0 Å². The van der Waals surface area contributed by atoms with Crippen molar-refractivity contribution < 1.29 is 14.7 Å². The van der Waals surface area contributed by atoms with Gasteiger partial charge in [0.2, 0.25) is 0 Å². The van der Waals surface area contributed by atoms with Gasteiger partial charge in [0.25, 0.3) is 0 Å². The second-order valence-electron chi connectivity index (χ2n) is 4.04. The highest BCUT2D eigenvalue weighted by Gasteiger charge is 2.10. The Hall–Kier alpha value is -1.38. The van der Waals surface area contributed by atoms with Crippen LogP contribution in [0.15, 0.2) is 38.6 Å². The van der Waals surface area contributed by atoms with Crippen LogP contribution in [0.4, 0.5) is 10.5 Å². The Morgan fingerprint density at radius 3 is 2.62 bits per heavy atom. The zero-order chi connectivity index (χ0) is 15.4. The van der Waals surface area contributed by atoms with Crippen LogP contribution in [0, 0.1) is 0 Å². The highest BCUT2D eigenvalue weighted by atomic mass is 79.9. The molecule has 0 saturated carbocycles. The molecule has 0 aliphatic carbocycles. The number of carboxylic acids is 1. The molecule has 0 bridgehead atoms. The second kappa shape index (κ2) is 7.06. The third-order valence-electron chi connectivity index (χ3n) is 2.51. The summed E-state index contributed by atoms with van der Waals surface area (Å²) in [5.41, 5.74) is 0.510. The molecule has 3 N–H and O–H groups in total. The smallest absolute Gasteiger partial charge is 0.335 e. The summed E-state index contributed by atoms with van der Waals surface area (Å²) >= 11 is 8.14. The van der Waals surface area contributed by atoms with E-state index in [1.165, 1.54) is 23.5 Å². The lowest BCUT2D eigenvalue weighted by Crippen LogP contribution is -2.28. The summed E-state index contributed by atoms with van der Waals surface area (Å²) < 4.78 is 1.59. The fourth-order valence-corrected chi connectivity index (χ4v) is 3.27. The van der Waals surface area contributed by atoms with Crippen molar-refractivity contribution in [1.29, 1.82) is 0 Å². The molecule has 0 spiro atoms. The molecule has 1 heterocycles. The lowest BCUT2D eigenvalue weighted by molar-refractivity contribution is 0.0697. The van der Waals surface area contributed by atoms with Crippen molar-refractivity contribution >= 4 is 60.9 Å². The molecule has 21 heavy (non-hydrogen) atoms. The van der Waals surface area contributed by atoms with E-state index in [2.05, 4.69) is 42.5 Å². The molecule has 2 aromatic rings. The summed E-state index contributed by atoms with van der Waals surface area (Å²) in [6.45, 7) is 0.401. The number of aromatic carboxylic acids is 1. The van der Waals surface area contributed by atoms with Crippen LogP contribution in [0.5, 0.6) is 0 Å². The zero-order valence-corrected chi connectivity index (χ0v) is 14.5. The first-order chi connectivity index (χ1) is 9.95. The average Bonchev–Trinajstić information content (AvgIpc) is 2.84. The quantitative estimate of drug-likeness (QED) is 0.672. The van der Waals surface area contributed by atoms with Crippen molar-refractivity contribution in [3.63, 3.8) is 0 Å². The van der Waals surface area contributed by atoms with E-state index in [0.717, 1.165) is 9.35 Å². The predicted octanol–water partition coefficient (Wildman–Crippen LogP) is 4.29. The Balaban J connectivity index is 1.99. The number of carbonyl (C=O) groups is 2. The highest BCUT2D eigenvalue weighted by molar-refractivity contribution is 9.10. The van der Waals surface area contributed by atoms with Gasteiger partial charge in [0.15, 0.2) is 0 Å². The molecule has 1 aromatic heterocycles. The maximum Gasteiger partial charge on any atom is 0.335 e. The standard InChI is InChI=1S/C13H10Br2N2O3S/c14-8-4-9(21-6-8)5-16-13(20)17-11-3-7(12(18)19)1-2-10(11)15/h1-4,6H,5H2,(H,18,19)(H2,16,17,20). The van der Waals surface area contributed by atoms with Crippen LogP contribution in [0.2, 0.25) is 0 Å². The lowest BCUT2D eigenvalue weighted by Gasteiger charge is -2.09. The summed E-state index contributed by atoms with van der Waals surface area (Å²) in [6, 6.07) is 5.95. The molecule has 1 aromatic carbocycles. The number of amides is 2. The van der Waals surface area contributed by atoms with E-state index in [-0.39, 0.29) is 5.56 Å². The van der Waals surface area contributed by atoms with Crippen LogP contribution in [0.3, 0.4) is 0 Å². The van der Waals surface area contributed by atoms with Crippen molar-refractivity contribution in [3.05, 3.63) is 49.0 Å². The van der Waals surface area contributed by atoms with Crippen molar-refractivity contribution in [2.75, 3.05) is 5.32 Å². The number of hydrogen-bond donors (Lipinski definition) is 3. The molecule has 0 aliphatic heterocycles. The van der Waals surface area contributed by atoms with Gasteiger partial charge in [0.1, 0.15) is 0 Å². The average molecular weight is 434 g/mol. The highest BCUT2D eigenvalue weighted by Crippen LogP contribution is 2.24. The topological polar surface area (TPSA) is 78.4 Å². The molecule has 0 unspecified atom stereocenters. The lowest BCUT2D eigenvalue weighted by atomic mass is 10.2. The van der Waals surface area contributed by atoms with E-state index in [0.29, 0.717) is 16.7 Å². The largest absolute Gasteiger partial charge is 0.478 e. The van der Waals surface area contributed by atoms with E-state index in [9.17, 15) is 9.59 Å². The molecular weight excluding hydrogens is 424 g/mol. The first-order valence-corrected chi connectivity index (χ1v) is 8.23. The molecule has 2 rings (SSSR count). The van der Waals surface area contributed by atoms with Gasteiger partial charge in [0.05, 0.1) is 17.8 Å². The number of nitrogens with one attached hydrogen (secondary N) is 2. The number of halogens is 2. The number of rotatable bonds is 4. The minimum Gasteiger partial charge on any atom is -0.478 e. The Morgan fingerprint density at radius 2 is 2.00 bits per heavy atom. The summed E-state index contributed by atoms with van der Waals surface area (Å²) in [6.07, 6.45) is 0. The van der Waals surface area contributed by atoms with E-state index in [1.807, 2.05) is 11.4 Å². The zero-order valence-electron chi connectivity index (χ0n) is 10.5. The van der Waals surface area contributed by atoms with Crippen molar-refractivity contribution in [2.24, 2.45) is 0 Å². The predicted molar refractivity (Wildman–Crippen MR) is 89.0 cm³/mol. The Kier molecular flexibility index (Phi) is 5.38. The van der Waals surface area contributed by atoms with Gasteiger partial charge in [-0.05, 0) is 56.1 Å². The molecule has 2 amide bonds. The van der Waals surface area contributed by atoms with Crippen LogP contribution in [0.25, 0.3) is 0 Å². The minimum absolute atomic E-state index is 0.107. The number of hydrogen-bond acceptors (Lipinski definition) is 3. The monoisotopic (exact) mass is 432 g/mol. The van der Waals surface area contributed by atoms with Gasteiger partial charge in [-0.25, -0.2) is 9.59 Å². The fourth-order valence-electron chi connectivity index (χ4n) is 1.53. The molecule has 0 aliphatic rings. The summed E-state index contributed by atoms with van der Waals surface area (Å²) in [5, 5.41) is 16.2. The number of carboxylic acid groups (broad SMARTS) is 1. The van der Waals surface area contributed by atoms with Gasteiger partial charge in [-0.2, -0.15) is 0 Å². The second-order valence-corrected chi connectivity index (χ2v) is 6.80. The van der Waals surface area contributed by atoms with Crippen molar-refractivity contribution in [2.45, 2.75) is 6.54 Å². The van der Waals surface area contributed by atoms with Crippen LogP contribution in [-0.4, -0.2) is 17.1 Å². The molecular formula is C13H10Br2N2O3S. The number of carbonyl (C=O) groups excluding carboxylic acids is 1. The first kappa shape index (κ1) is 16.0. The van der Waals surface area contributed by atoms with Crippen molar-refractivity contribution in [3.8, 4) is 0 Å². The van der Waals surface area contributed by atoms with Crippen LogP contribution in [0.1, 0.15) is 15.2 Å². The minimum atomic E-state index is -1.05. The molecule has 0 saturated heterocycles. The molecule has 0 radical (unpaired) electrons. The number of thiophene rings is 1. The first-order valence-electron chi connectivity index (χ1n) is 5.76. The van der Waals surface area contributed by atoms with Gasteiger partial charge in [0, 0.05) is 19.2 Å². The number of urea groups is 1. The fraction of sp³-hybridized carbons (Fsp3) is 0.0769. The Bertz CT molecular complexity index is 688. The van der Waals surface area contributed by atoms with Crippen LogP contribution < -0.4 is 10.6 Å². The molecule has 110 valence electrons. The molecule has 8 heteroatoms. The van der Waals surface area contributed by atoms with Crippen molar-refractivity contribution in [1.82, 2.24) is 5.32 Å². The van der Waals surface area contributed by atoms with Gasteiger partial charge in [-0.15, -0.1) is 11.3 Å². The van der Waals surface area contributed by atoms with E-state index >= 15 is 0 Å². The summed E-state index contributed by atoms with van der Waals surface area (Å²) in [5.74, 6) is -1.05. The summed E-state index contributed by atoms with van der Waals surface area (Å²) in [4.78, 5) is 23.8. The number of anilines is 1. The normalized spacial score (nSPS) is 10.2. The van der Waals surface area contributed by atoms with Crippen LogP contribution >= 0.6 is 43.2 Å². The molecule has 0 atom stereocenters. The summed E-state index contributed by atoms with van der Waals surface area (Å²) in [7, 11) is 0. The van der Waals surface area contributed by atoms with Crippen LogP contribution in [-0.2, 0) is 6.54 Å². The SMILES string of the molecule is O=C(NCc1cc(Br)cs1)Nc1cc(C(=O)O)ccc1Br. The molecule has 5 nitrogen and oxygen atoms in total. The van der Waals surface area contributed by atoms with E-state index in [4.69, 9.17) is 5.11 Å². The molecule has 0 fully saturated rings. The maximum atomic E-state index is 11.8. The number of benzene rings is 1. The maximum absolute atomic E-state index is 11.8. The van der Waals surface area contributed by atoms with E-state index in [1.54, 1.807) is 6.07 Å². The Morgan fingerprint density at radius 1 is 1.24 bits per heavy atom. The third-order valence-corrected chi connectivity index (χ3v) is 4.90. The van der Waals surface area contributed by atoms with Gasteiger partial charge in [-0.1, -0.05) is 0 Å². The van der Waals surface area contributed by atoms with Gasteiger partial charge >= 0.3 is 12.0 Å².